The van der Waals surface area contributed by atoms with E-state index in [1.807, 2.05) is 0 Å². The van der Waals surface area contributed by atoms with Gasteiger partial charge in [-0.05, 0) is 42.8 Å². The molecule has 2 rings (SSSR count). The Bertz CT molecular complexity index is 756. The lowest BCUT2D eigenvalue weighted by Gasteiger charge is -2.14. The molecule has 0 bridgehead atoms. The molecule has 21 heavy (non-hydrogen) atoms. The van der Waals surface area contributed by atoms with Crippen LogP contribution in [-0.2, 0) is 10.0 Å². The van der Waals surface area contributed by atoms with Crippen LogP contribution in [0.25, 0.3) is 0 Å². The Kier molecular flexibility index (Phi) is 4.29. The molecule has 112 valence electrons. The molecule has 0 radical (unpaired) electrons. The van der Waals surface area contributed by atoms with E-state index in [9.17, 15) is 8.42 Å². The lowest BCUT2D eigenvalue weighted by molar-refractivity contribution is 0.414. The van der Waals surface area contributed by atoms with Crippen molar-refractivity contribution in [3.05, 3.63) is 47.0 Å². The lowest BCUT2D eigenvalue weighted by atomic mass is 10.2. The highest BCUT2D eigenvalue weighted by Gasteiger charge is 2.21. The molecule has 0 spiro atoms. The van der Waals surface area contributed by atoms with Crippen molar-refractivity contribution in [1.82, 2.24) is 0 Å². The molecule has 0 fully saturated rings. The van der Waals surface area contributed by atoms with E-state index < -0.39 is 10.0 Å². The number of methoxy groups -OCH3 is 1. The quantitative estimate of drug-likeness (QED) is 0.846. The smallest absolute Gasteiger partial charge is 0.265 e. The number of nitrogens with two attached hydrogens (primary N) is 1. The van der Waals surface area contributed by atoms with Crippen LogP contribution < -0.4 is 15.2 Å². The summed E-state index contributed by atoms with van der Waals surface area (Å²) in [4.78, 5) is -0.123. The second kappa shape index (κ2) is 5.83. The number of anilines is 2. The van der Waals surface area contributed by atoms with Crippen LogP contribution in [0.2, 0.25) is 5.02 Å². The van der Waals surface area contributed by atoms with E-state index in [1.165, 1.54) is 12.1 Å². The molecule has 0 unspecified atom stereocenters. The first-order valence-corrected chi connectivity index (χ1v) is 7.92. The standard InChI is InChI=1S/C14H15ClN2O3S/c1-9-8-10(20-2)6-7-13(9)17-21(18,19)14-11(15)4-3-5-12(14)16/h3-8,17H,16H2,1-2H3. The summed E-state index contributed by atoms with van der Waals surface area (Å²) < 4.78 is 32.5. The third-order valence-corrected chi connectivity index (χ3v) is 4.85. The van der Waals surface area contributed by atoms with Gasteiger partial charge in [0.05, 0.1) is 23.5 Å². The molecule has 0 heterocycles. The summed E-state index contributed by atoms with van der Waals surface area (Å²) in [6, 6.07) is 9.58. The third-order valence-electron chi connectivity index (χ3n) is 2.94. The molecule has 3 N–H and O–H groups in total. The van der Waals surface area contributed by atoms with Crippen molar-refractivity contribution in [2.75, 3.05) is 17.6 Å². The van der Waals surface area contributed by atoms with E-state index >= 15 is 0 Å². The van der Waals surface area contributed by atoms with Gasteiger partial charge in [0.15, 0.2) is 0 Å². The Morgan fingerprint density at radius 3 is 2.52 bits per heavy atom. The number of hydrogen-bond acceptors (Lipinski definition) is 4. The molecular formula is C14H15ClN2O3S. The molecule has 0 amide bonds. The SMILES string of the molecule is COc1ccc(NS(=O)(=O)c2c(N)cccc2Cl)c(C)c1. The van der Waals surface area contributed by atoms with Gasteiger partial charge in [-0.1, -0.05) is 17.7 Å². The van der Waals surface area contributed by atoms with E-state index in [0.29, 0.717) is 11.4 Å². The van der Waals surface area contributed by atoms with Gasteiger partial charge >= 0.3 is 0 Å². The normalized spacial score (nSPS) is 11.2. The first-order chi connectivity index (χ1) is 9.85. The summed E-state index contributed by atoms with van der Waals surface area (Å²) in [5.41, 5.74) is 6.98. The summed E-state index contributed by atoms with van der Waals surface area (Å²) in [5.74, 6) is 0.646. The maximum atomic E-state index is 12.4. The van der Waals surface area contributed by atoms with Crippen LogP contribution in [0.3, 0.4) is 0 Å². The largest absolute Gasteiger partial charge is 0.497 e. The number of rotatable bonds is 4. The summed E-state index contributed by atoms with van der Waals surface area (Å²) >= 11 is 5.95. The van der Waals surface area contributed by atoms with Crippen LogP contribution >= 0.6 is 11.6 Å². The molecule has 0 aliphatic rings. The first kappa shape index (κ1) is 15.5. The number of sulfonamides is 1. The highest BCUT2D eigenvalue weighted by molar-refractivity contribution is 7.93. The zero-order valence-corrected chi connectivity index (χ0v) is 13.1. The fourth-order valence-electron chi connectivity index (χ4n) is 1.88. The molecule has 0 aliphatic carbocycles. The molecule has 0 atom stereocenters. The van der Waals surface area contributed by atoms with Crippen LogP contribution in [0.1, 0.15) is 5.56 Å². The predicted molar refractivity (Wildman–Crippen MR) is 84.4 cm³/mol. The minimum atomic E-state index is -3.86. The van der Waals surface area contributed by atoms with E-state index in [1.54, 1.807) is 38.3 Å². The molecule has 5 nitrogen and oxygen atoms in total. The van der Waals surface area contributed by atoms with Gasteiger partial charge in [-0.2, -0.15) is 0 Å². The first-order valence-electron chi connectivity index (χ1n) is 6.06. The Labute approximate surface area is 128 Å². The van der Waals surface area contributed by atoms with Crippen molar-refractivity contribution in [3.63, 3.8) is 0 Å². The van der Waals surface area contributed by atoms with Gasteiger partial charge in [0.25, 0.3) is 10.0 Å². The van der Waals surface area contributed by atoms with Crippen LogP contribution in [-0.4, -0.2) is 15.5 Å². The van der Waals surface area contributed by atoms with Gasteiger partial charge in [0.1, 0.15) is 10.6 Å². The summed E-state index contributed by atoms with van der Waals surface area (Å²) in [5, 5.41) is 0.0775. The van der Waals surface area contributed by atoms with Gasteiger partial charge in [-0.25, -0.2) is 8.42 Å². The molecular weight excluding hydrogens is 312 g/mol. The lowest BCUT2D eigenvalue weighted by Crippen LogP contribution is -2.16. The van der Waals surface area contributed by atoms with Crippen LogP contribution in [0.15, 0.2) is 41.3 Å². The number of ether oxygens (including phenoxy) is 1. The number of hydrogen-bond donors (Lipinski definition) is 2. The fraction of sp³-hybridized carbons (Fsp3) is 0.143. The molecule has 0 aromatic heterocycles. The monoisotopic (exact) mass is 326 g/mol. The molecule has 2 aromatic rings. The fourth-order valence-corrected chi connectivity index (χ4v) is 3.69. The Hall–Kier alpha value is -1.92. The van der Waals surface area contributed by atoms with E-state index in [-0.39, 0.29) is 15.6 Å². The van der Waals surface area contributed by atoms with Gasteiger partial charge in [-0.3, -0.25) is 4.72 Å². The predicted octanol–water partition coefficient (Wildman–Crippen LogP) is 3.04. The molecule has 0 aliphatic heterocycles. The minimum Gasteiger partial charge on any atom is -0.497 e. The average molecular weight is 327 g/mol. The maximum Gasteiger partial charge on any atom is 0.265 e. The molecule has 0 saturated carbocycles. The second-order valence-electron chi connectivity index (χ2n) is 4.44. The van der Waals surface area contributed by atoms with Crippen molar-refractivity contribution in [2.45, 2.75) is 11.8 Å². The van der Waals surface area contributed by atoms with E-state index in [4.69, 9.17) is 22.1 Å². The molecule has 0 saturated heterocycles. The van der Waals surface area contributed by atoms with Crippen LogP contribution in [0.5, 0.6) is 5.75 Å². The van der Waals surface area contributed by atoms with Gasteiger partial charge in [-0.15, -0.1) is 0 Å². The highest BCUT2D eigenvalue weighted by atomic mass is 35.5. The number of benzene rings is 2. The summed E-state index contributed by atoms with van der Waals surface area (Å²) in [7, 11) is -2.32. The van der Waals surface area contributed by atoms with Gasteiger partial charge in [0.2, 0.25) is 0 Å². The Balaban J connectivity index is 2.43. The van der Waals surface area contributed by atoms with Crippen molar-refractivity contribution < 1.29 is 13.2 Å². The number of nitrogen functional groups attached to an aromatic ring is 1. The van der Waals surface area contributed by atoms with Crippen molar-refractivity contribution in [2.24, 2.45) is 0 Å². The number of halogens is 1. The van der Waals surface area contributed by atoms with Crippen LogP contribution in [0.4, 0.5) is 11.4 Å². The maximum absolute atomic E-state index is 12.4. The zero-order valence-electron chi connectivity index (χ0n) is 11.6. The average Bonchev–Trinajstić information content (AvgIpc) is 2.40. The Morgan fingerprint density at radius 1 is 1.24 bits per heavy atom. The van der Waals surface area contributed by atoms with E-state index in [0.717, 1.165) is 5.56 Å². The van der Waals surface area contributed by atoms with E-state index in [2.05, 4.69) is 4.72 Å². The number of aryl methyl sites for hydroxylation is 1. The number of nitrogens with one attached hydrogen (secondary N) is 1. The minimum absolute atomic E-state index is 0.0775. The molecule has 7 heteroatoms. The zero-order chi connectivity index (χ0) is 15.6. The third kappa shape index (κ3) is 3.22. The van der Waals surface area contributed by atoms with Crippen molar-refractivity contribution >= 4 is 33.0 Å². The van der Waals surface area contributed by atoms with Gasteiger partial charge < -0.3 is 10.5 Å². The summed E-state index contributed by atoms with van der Waals surface area (Å²) in [6.07, 6.45) is 0. The van der Waals surface area contributed by atoms with Crippen molar-refractivity contribution in [1.29, 1.82) is 0 Å². The summed E-state index contributed by atoms with van der Waals surface area (Å²) in [6.45, 7) is 1.77. The van der Waals surface area contributed by atoms with Gasteiger partial charge in [0, 0.05) is 0 Å². The van der Waals surface area contributed by atoms with Crippen molar-refractivity contribution in [3.8, 4) is 5.75 Å². The highest BCUT2D eigenvalue weighted by Crippen LogP contribution is 2.30. The topological polar surface area (TPSA) is 81.4 Å². The van der Waals surface area contributed by atoms with Crippen LogP contribution in [0, 0.1) is 6.92 Å². The second-order valence-corrected chi connectivity index (χ2v) is 6.47. The Morgan fingerprint density at radius 2 is 1.95 bits per heavy atom. The molecule has 2 aromatic carbocycles.